The van der Waals surface area contributed by atoms with E-state index in [0.29, 0.717) is 11.8 Å². The lowest BCUT2D eigenvalue weighted by Crippen LogP contribution is -1.99. The molecule has 1 saturated carbocycles. The summed E-state index contributed by atoms with van der Waals surface area (Å²) in [7, 11) is 0. The highest BCUT2D eigenvalue weighted by Crippen LogP contribution is 2.49. The highest BCUT2D eigenvalue weighted by molar-refractivity contribution is 5.26. The maximum atomic E-state index is 12.8. The van der Waals surface area contributed by atoms with Crippen LogP contribution in [0.3, 0.4) is 0 Å². The summed E-state index contributed by atoms with van der Waals surface area (Å²) in [6, 6.07) is 6.91. The molecule has 13 heavy (non-hydrogen) atoms. The van der Waals surface area contributed by atoms with Crippen molar-refractivity contribution in [3.05, 3.63) is 35.6 Å². The van der Waals surface area contributed by atoms with Crippen molar-refractivity contribution >= 4 is 0 Å². The van der Waals surface area contributed by atoms with Crippen LogP contribution in [0.4, 0.5) is 4.39 Å². The number of rotatable bonds is 3. The van der Waals surface area contributed by atoms with E-state index in [0.717, 1.165) is 18.5 Å². The maximum Gasteiger partial charge on any atom is 0.123 e. The van der Waals surface area contributed by atoms with Gasteiger partial charge in [-0.3, -0.25) is 0 Å². The van der Waals surface area contributed by atoms with Gasteiger partial charge in [-0.15, -0.1) is 0 Å². The molecule has 1 fully saturated rings. The van der Waals surface area contributed by atoms with Gasteiger partial charge in [0.2, 0.25) is 0 Å². The third-order valence-electron chi connectivity index (χ3n) is 2.74. The van der Waals surface area contributed by atoms with Crippen molar-refractivity contribution in [2.45, 2.75) is 18.8 Å². The van der Waals surface area contributed by atoms with Gasteiger partial charge in [0, 0.05) is 0 Å². The topological polar surface area (TPSA) is 26.0 Å². The van der Waals surface area contributed by atoms with Crippen molar-refractivity contribution in [2.75, 3.05) is 6.54 Å². The summed E-state index contributed by atoms with van der Waals surface area (Å²) in [4.78, 5) is 0. The highest BCUT2D eigenvalue weighted by atomic mass is 19.1. The maximum absolute atomic E-state index is 12.8. The molecule has 1 aromatic rings. The molecule has 2 unspecified atom stereocenters. The van der Waals surface area contributed by atoms with E-state index < -0.39 is 0 Å². The first-order valence-electron chi connectivity index (χ1n) is 4.77. The minimum Gasteiger partial charge on any atom is -0.330 e. The Labute approximate surface area is 77.8 Å². The van der Waals surface area contributed by atoms with E-state index in [1.807, 2.05) is 6.07 Å². The molecule has 0 aliphatic heterocycles. The summed E-state index contributed by atoms with van der Waals surface area (Å²) in [5.41, 5.74) is 6.60. The fourth-order valence-corrected chi connectivity index (χ4v) is 1.93. The van der Waals surface area contributed by atoms with Crippen LogP contribution < -0.4 is 5.73 Å². The van der Waals surface area contributed by atoms with Gasteiger partial charge >= 0.3 is 0 Å². The summed E-state index contributed by atoms with van der Waals surface area (Å²) < 4.78 is 12.8. The van der Waals surface area contributed by atoms with E-state index in [1.54, 1.807) is 12.1 Å². The van der Waals surface area contributed by atoms with Crippen molar-refractivity contribution in [1.82, 2.24) is 0 Å². The average molecular weight is 179 g/mol. The van der Waals surface area contributed by atoms with Crippen LogP contribution in [-0.2, 0) is 0 Å². The van der Waals surface area contributed by atoms with Crippen LogP contribution in [0.15, 0.2) is 24.3 Å². The third kappa shape index (κ3) is 1.89. The molecule has 0 radical (unpaired) electrons. The Bertz CT molecular complexity index is 298. The smallest absolute Gasteiger partial charge is 0.123 e. The second-order valence-corrected chi connectivity index (χ2v) is 3.73. The minimum absolute atomic E-state index is 0.129. The van der Waals surface area contributed by atoms with E-state index in [1.165, 1.54) is 12.5 Å². The number of hydrogen-bond acceptors (Lipinski definition) is 1. The van der Waals surface area contributed by atoms with Crippen molar-refractivity contribution < 1.29 is 4.39 Å². The van der Waals surface area contributed by atoms with E-state index in [9.17, 15) is 4.39 Å². The molecule has 2 heteroatoms. The van der Waals surface area contributed by atoms with Crippen LogP contribution in [0.5, 0.6) is 0 Å². The Morgan fingerprint density at radius 2 is 2.31 bits per heavy atom. The van der Waals surface area contributed by atoms with Crippen LogP contribution in [0.1, 0.15) is 24.3 Å². The molecule has 2 rings (SSSR count). The molecular formula is C11H14FN. The lowest BCUT2D eigenvalue weighted by Gasteiger charge is -1.99. The number of hydrogen-bond donors (Lipinski definition) is 1. The molecule has 0 aromatic heterocycles. The molecule has 0 amide bonds. The third-order valence-corrected chi connectivity index (χ3v) is 2.74. The van der Waals surface area contributed by atoms with Crippen LogP contribution in [0.2, 0.25) is 0 Å². The zero-order chi connectivity index (χ0) is 9.26. The van der Waals surface area contributed by atoms with Gasteiger partial charge in [0.05, 0.1) is 0 Å². The van der Waals surface area contributed by atoms with Gasteiger partial charge in [-0.2, -0.15) is 0 Å². The van der Waals surface area contributed by atoms with Crippen LogP contribution in [0, 0.1) is 11.7 Å². The molecular weight excluding hydrogens is 165 g/mol. The van der Waals surface area contributed by atoms with Crippen LogP contribution >= 0.6 is 0 Å². The second kappa shape index (κ2) is 3.46. The molecule has 0 bridgehead atoms. The molecule has 2 atom stereocenters. The van der Waals surface area contributed by atoms with Gasteiger partial charge in [-0.25, -0.2) is 4.39 Å². The molecule has 1 aliphatic carbocycles. The zero-order valence-corrected chi connectivity index (χ0v) is 7.54. The molecule has 1 aromatic carbocycles. The summed E-state index contributed by atoms with van der Waals surface area (Å²) in [5.74, 6) is 1.14. The molecule has 1 nitrogen and oxygen atoms in total. The van der Waals surface area contributed by atoms with Gasteiger partial charge < -0.3 is 5.73 Å². The van der Waals surface area contributed by atoms with Crippen molar-refractivity contribution in [3.63, 3.8) is 0 Å². The fourth-order valence-electron chi connectivity index (χ4n) is 1.93. The van der Waals surface area contributed by atoms with Crippen LogP contribution in [-0.4, -0.2) is 6.54 Å². The number of halogens is 1. The molecule has 0 saturated heterocycles. The number of benzene rings is 1. The Balaban J connectivity index is 2.03. The first-order valence-corrected chi connectivity index (χ1v) is 4.77. The lowest BCUT2D eigenvalue weighted by molar-refractivity contribution is 0.624. The molecule has 70 valence electrons. The molecule has 0 spiro atoms. The Hall–Kier alpha value is -0.890. The zero-order valence-electron chi connectivity index (χ0n) is 7.54. The van der Waals surface area contributed by atoms with E-state index in [-0.39, 0.29) is 5.82 Å². The average Bonchev–Trinajstić information content (AvgIpc) is 2.85. The minimum atomic E-state index is -0.129. The summed E-state index contributed by atoms with van der Waals surface area (Å²) in [6.07, 6.45) is 2.25. The van der Waals surface area contributed by atoms with Gasteiger partial charge in [-0.1, -0.05) is 12.1 Å². The Morgan fingerprint density at radius 1 is 1.46 bits per heavy atom. The SMILES string of the molecule is NCCC1CC1c1cccc(F)c1. The first-order chi connectivity index (χ1) is 6.31. The predicted molar refractivity (Wildman–Crippen MR) is 50.9 cm³/mol. The van der Waals surface area contributed by atoms with Crippen molar-refractivity contribution in [2.24, 2.45) is 11.7 Å². The quantitative estimate of drug-likeness (QED) is 0.756. The van der Waals surface area contributed by atoms with Gasteiger partial charge in [-0.05, 0) is 48.9 Å². The molecule has 1 aliphatic rings. The molecule has 2 N–H and O–H groups in total. The van der Waals surface area contributed by atoms with E-state index in [2.05, 4.69) is 0 Å². The Kier molecular flexibility index (Phi) is 2.32. The van der Waals surface area contributed by atoms with Gasteiger partial charge in [0.25, 0.3) is 0 Å². The summed E-state index contributed by atoms with van der Waals surface area (Å²) >= 11 is 0. The summed E-state index contributed by atoms with van der Waals surface area (Å²) in [5, 5.41) is 0. The monoisotopic (exact) mass is 179 g/mol. The summed E-state index contributed by atoms with van der Waals surface area (Å²) in [6.45, 7) is 0.747. The predicted octanol–water partition coefficient (Wildman–Crippen LogP) is 2.28. The largest absolute Gasteiger partial charge is 0.330 e. The van der Waals surface area contributed by atoms with Crippen LogP contribution in [0.25, 0.3) is 0 Å². The number of nitrogens with two attached hydrogens (primary N) is 1. The fraction of sp³-hybridized carbons (Fsp3) is 0.455. The van der Waals surface area contributed by atoms with Gasteiger partial charge in [0.15, 0.2) is 0 Å². The Morgan fingerprint density at radius 3 is 3.00 bits per heavy atom. The second-order valence-electron chi connectivity index (χ2n) is 3.73. The van der Waals surface area contributed by atoms with E-state index >= 15 is 0 Å². The van der Waals surface area contributed by atoms with Crippen molar-refractivity contribution in [3.8, 4) is 0 Å². The van der Waals surface area contributed by atoms with Gasteiger partial charge in [0.1, 0.15) is 5.82 Å². The highest BCUT2D eigenvalue weighted by Gasteiger charge is 2.37. The standard InChI is InChI=1S/C11H14FN/c12-10-3-1-2-8(6-10)11-7-9(11)4-5-13/h1-3,6,9,11H,4-5,7,13H2. The lowest BCUT2D eigenvalue weighted by atomic mass is 10.1. The molecule has 0 heterocycles. The normalized spacial score (nSPS) is 26.0. The van der Waals surface area contributed by atoms with E-state index in [4.69, 9.17) is 5.73 Å². The first kappa shape index (κ1) is 8.70. The van der Waals surface area contributed by atoms with Crippen molar-refractivity contribution in [1.29, 1.82) is 0 Å².